The third-order valence-electron chi connectivity index (χ3n) is 4.92. The Morgan fingerprint density at radius 2 is 2.00 bits per heavy atom. The predicted molar refractivity (Wildman–Crippen MR) is 112 cm³/mol. The van der Waals surface area contributed by atoms with Crippen molar-refractivity contribution in [3.05, 3.63) is 83.8 Å². The number of carbonyl (C=O) groups excluding carboxylic acids is 1. The van der Waals surface area contributed by atoms with E-state index in [0.717, 1.165) is 27.5 Å². The monoisotopic (exact) mass is 402 g/mol. The Morgan fingerprint density at radius 3 is 2.69 bits per heavy atom. The Hall–Kier alpha value is -3.45. The van der Waals surface area contributed by atoms with Crippen LogP contribution in [0.25, 0.3) is 16.3 Å². The quantitative estimate of drug-likeness (QED) is 0.488. The summed E-state index contributed by atoms with van der Waals surface area (Å²) in [5, 5.41) is 13.0. The lowest BCUT2D eigenvalue weighted by Gasteiger charge is -2.19. The molecule has 0 unspecified atom stereocenters. The molecular weight excluding hydrogens is 384 g/mol. The Balaban J connectivity index is 1.61. The number of hydrogen-bond donors (Lipinski definition) is 0. The van der Waals surface area contributed by atoms with Gasteiger partial charge in [-0.3, -0.25) is 4.79 Å². The second-order valence-electron chi connectivity index (χ2n) is 6.80. The molecular formula is C22H18N4O2S. The summed E-state index contributed by atoms with van der Waals surface area (Å²) in [5.74, 6) is 0.577. The standard InChI is InChI=1S/C22H18N4O2S/c1-15(27)26-19(13-18(23-26)20-9-5-11-28-20)17-14-25(16-7-3-2-4-8-16)24-22(17)21-10-6-12-29-21/h2-12,14,19H,13H2,1H3/t19-/m0/s1. The summed E-state index contributed by atoms with van der Waals surface area (Å²) < 4.78 is 7.39. The Bertz CT molecular complexity index is 1160. The van der Waals surface area contributed by atoms with Crippen molar-refractivity contribution in [2.24, 2.45) is 5.10 Å². The molecule has 0 saturated carbocycles. The fourth-order valence-electron chi connectivity index (χ4n) is 3.58. The molecule has 3 aromatic heterocycles. The van der Waals surface area contributed by atoms with E-state index in [9.17, 15) is 4.79 Å². The van der Waals surface area contributed by atoms with Crippen molar-refractivity contribution >= 4 is 23.0 Å². The fourth-order valence-corrected chi connectivity index (χ4v) is 4.31. The lowest BCUT2D eigenvalue weighted by Crippen LogP contribution is -2.24. The number of benzene rings is 1. The molecule has 5 rings (SSSR count). The number of rotatable bonds is 4. The second kappa shape index (κ2) is 7.18. The van der Waals surface area contributed by atoms with Gasteiger partial charge in [-0.25, -0.2) is 9.69 Å². The number of carbonyl (C=O) groups is 1. The highest BCUT2D eigenvalue weighted by Crippen LogP contribution is 2.39. The summed E-state index contributed by atoms with van der Waals surface area (Å²) in [6.07, 6.45) is 4.20. The van der Waals surface area contributed by atoms with E-state index in [4.69, 9.17) is 9.52 Å². The zero-order valence-corrected chi connectivity index (χ0v) is 16.5. The maximum Gasteiger partial charge on any atom is 0.240 e. The average Bonchev–Trinajstić information content (AvgIpc) is 3.54. The molecule has 1 atom stereocenters. The minimum Gasteiger partial charge on any atom is -0.463 e. The highest BCUT2D eigenvalue weighted by atomic mass is 32.1. The molecule has 1 aliphatic heterocycles. The van der Waals surface area contributed by atoms with Gasteiger partial charge in [0, 0.05) is 25.1 Å². The molecule has 0 bridgehead atoms. The van der Waals surface area contributed by atoms with E-state index in [1.54, 1.807) is 22.6 Å². The number of amides is 1. The minimum atomic E-state index is -0.234. The van der Waals surface area contributed by atoms with Gasteiger partial charge >= 0.3 is 0 Å². The fraction of sp³-hybridized carbons (Fsp3) is 0.136. The van der Waals surface area contributed by atoms with Crippen molar-refractivity contribution < 1.29 is 9.21 Å². The van der Waals surface area contributed by atoms with Gasteiger partial charge in [0.05, 0.1) is 22.9 Å². The highest BCUT2D eigenvalue weighted by molar-refractivity contribution is 7.13. The Kier molecular flexibility index (Phi) is 4.37. The second-order valence-corrected chi connectivity index (χ2v) is 7.75. The molecule has 4 heterocycles. The molecule has 0 spiro atoms. The average molecular weight is 402 g/mol. The van der Waals surface area contributed by atoms with E-state index in [1.807, 2.05) is 70.9 Å². The summed E-state index contributed by atoms with van der Waals surface area (Å²) in [7, 11) is 0. The summed E-state index contributed by atoms with van der Waals surface area (Å²) >= 11 is 1.63. The first kappa shape index (κ1) is 17.6. The number of aromatic nitrogens is 2. The van der Waals surface area contributed by atoms with Gasteiger partial charge in [-0.15, -0.1) is 11.3 Å². The van der Waals surface area contributed by atoms with Crippen LogP contribution in [0.3, 0.4) is 0 Å². The van der Waals surface area contributed by atoms with Gasteiger partial charge < -0.3 is 4.42 Å². The molecule has 1 aromatic carbocycles. The number of nitrogens with zero attached hydrogens (tertiary/aromatic N) is 4. The Morgan fingerprint density at radius 1 is 1.14 bits per heavy atom. The van der Waals surface area contributed by atoms with Crippen molar-refractivity contribution in [1.82, 2.24) is 14.8 Å². The number of thiophene rings is 1. The van der Waals surface area contributed by atoms with Gasteiger partial charge in [0.2, 0.25) is 5.91 Å². The molecule has 0 radical (unpaired) electrons. The van der Waals surface area contributed by atoms with Gasteiger partial charge in [0.25, 0.3) is 0 Å². The molecule has 0 fully saturated rings. The zero-order valence-electron chi connectivity index (χ0n) is 15.7. The van der Waals surface area contributed by atoms with Crippen LogP contribution in [0.15, 0.2) is 82.0 Å². The number of para-hydroxylation sites is 1. The molecule has 29 heavy (non-hydrogen) atoms. The van der Waals surface area contributed by atoms with E-state index in [-0.39, 0.29) is 11.9 Å². The first-order chi connectivity index (χ1) is 14.2. The van der Waals surface area contributed by atoms with Gasteiger partial charge in [0.15, 0.2) is 0 Å². The van der Waals surface area contributed by atoms with Crippen LogP contribution in [0.1, 0.15) is 30.7 Å². The molecule has 0 saturated heterocycles. The van der Waals surface area contributed by atoms with Crippen LogP contribution in [0.2, 0.25) is 0 Å². The molecule has 1 aliphatic rings. The smallest absolute Gasteiger partial charge is 0.240 e. The van der Waals surface area contributed by atoms with Crippen molar-refractivity contribution in [3.63, 3.8) is 0 Å². The third-order valence-corrected chi connectivity index (χ3v) is 5.79. The van der Waals surface area contributed by atoms with Gasteiger partial charge in [0.1, 0.15) is 17.2 Å². The summed E-state index contributed by atoms with van der Waals surface area (Å²) in [5.41, 5.74) is 3.57. The maximum absolute atomic E-state index is 12.4. The summed E-state index contributed by atoms with van der Waals surface area (Å²) in [4.78, 5) is 13.4. The first-order valence-corrected chi connectivity index (χ1v) is 10.2. The van der Waals surface area contributed by atoms with E-state index in [2.05, 4.69) is 5.10 Å². The van der Waals surface area contributed by atoms with E-state index in [0.29, 0.717) is 12.2 Å². The van der Waals surface area contributed by atoms with Crippen molar-refractivity contribution in [3.8, 4) is 16.3 Å². The van der Waals surface area contributed by atoms with Crippen LogP contribution in [-0.2, 0) is 4.79 Å². The number of hydrogen-bond acceptors (Lipinski definition) is 5. The largest absolute Gasteiger partial charge is 0.463 e. The SMILES string of the molecule is CC(=O)N1N=C(c2ccco2)C[C@H]1c1cn(-c2ccccc2)nc1-c1cccs1. The maximum atomic E-state index is 12.4. The molecule has 7 heteroatoms. The zero-order chi connectivity index (χ0) is 19.8. The van der Waals surface area contributed by atoms with Gasteiger partial charge in [-0.2, -0.15) is 10.2 Å². The van der Waals surface area contributed by atoms with Gasteiger partial charge in [-0.1, -0.05) is 24.3 Å². The van der Waals surface area contributed by atoms with Crippen molar-refractivity contribution in [1.29, 1.82) is 0 Å². The van der Waals surface area contributed by atoms with E-state index < -0.39 is 0 Å². The normalized spacial score (nSPS) is 16.2. The van der Waals surface area contributed by atoms with Crippen LogP contribution in [0.5, 0.6) is 0 Å². The van der Waals surface area contributed by atoms with Crippen LogP contribution in [-0.4, -0.2) is 26.4 Å². The summed E-state index contributed by atoms with van der Waals surface area (Å²) in [6, 6.07) is 17.5. The van der Waals surface area contributed by atoms with E-state index in [1.165, 1.54) is 6.92 Å². The first-order valence-electron chi connectivity index (χ1n) is 9.31. The van der Waals surface area contributed by atoms with Crippen molar-refractivity contribution in [2.75, 3.05) is 0 Å². The third kappa shape index (κ3) is 3.19. The molecule has 1 amide bonds. The summed E-state index contributed by atoms with van der Waals surface area (Å²) in [6.45, 7) is 1.54. The van der Waals surface area contributed by atoms with Gasteiger partial charge in [-0.05, 0) is 35.7 Å². The lowest BCUT2D eigenvalue weighted by molar-refractivity contribution is -0.130. The Labute approximate surface area is 171 Å². The van der Waals surface area contributed by atoms with Crippen LogP contribution in [0.4, 0.5) is 0 Å². The van der Waals surface area contributed by atoms with Crippen molar-refractivity contribution in [2.45, 2.75) is 19.4 Å². The highest BCUT2D eigenvalue weighted by Gasteiger charge is 2.35. The van der Waals surface area contributed by atoms with Crippen LogP contribution in [0, 0.1) is 0 Å². The molecule has 6 nitrogen and oxygen atoms in total. The predicted octanol–water partition coefficient (Wildman–Crippen LogP) is 4.89. The topological polar surface area (TPSA) is 63.6 Å². The molecule has 4 aromatic rings. The lowest BCUT2D eigenvalue weighted by atomic mass is 10.0. The number of furan rings is 1. The number of hydrazone groups is 1. The molecule has 0 N–H and O–H groups in total. The van der Waals surface area contributed by atoms with Crippen LogP contribution >= 0.6 is 11.3 Å². The van der Waals surface area contributed by atoms with E-state index >= 15 is 0 Å². The van der Waals surface area contributed by atoms with Crippen LogP contribution < -0.4 is 0 Å². The molecule has 0 aliphatic carbocycles. The molecule has 144 valence electrons. The minimum absolute atomic E-state index is 0.110.